The van der Waals surface area contributed by atoms with E-state index in [4.69, 9.17) is 5.11 Å². The van der Waals surface area contributed by atoms with Crippen LogP contribution < -0.4 is 5.32 Å². The highest BCUT2D eigenvalue weighted by atomic mass is 16.4. The number of unbranched alkanes of at least 4 members (excludes halogenated alkanes) is 3. The number of carboxylic acid groups (broad SMARTS) is 1. The fraction of sp³-hybridized carbons (Fsp3) is 0.500. The van der Waals surface area contributed by atoms with E-state index in [0.717, 1.165) is 37.7 Å². The zero-order valence-corrected chi connectivity index (χ0v) is 11.6. The molecule has 20 heavy (non-hydrogen) atoms. The van der Waals surface area contributed by atoms with E-state index in [1.54, 1.807) is 0 Å². The Morgan fingerprint density at radius 3 is 2.65 bits per heavy atom. The van der Waals surface area contributed by atoms with Gasteiger partial charge in [0.2, 0.25) is 5.91 Å². The largest absolute Gasteiger partial charge is 0.481 e. The van der Waals surface area contributed by atoms with Crippen LogP contribution in [0, 0.1) is 0 Å². The Kier molecular flexibility index (Phi) is 5.16. The molecule has 1 aromatic carbocycles. The Morgan fingerprint density at radius 1 is 1.15 bits per heavy atom. The molecule has 0 spiro atoms. The maximum atomic E-state index is 12.0. The van der Waals surface area contributed by atoms with Crippen molar-refractivity contribution in [2.75, 3.05) is 6.54 Å². The molecule has 0 aliphatic heterocycles. The highest BCUT2D eigenvalue weighted by Crippen LogP contribution is 2.34. The number of fused-ring (bicyclic) bond motifs is 1. The predicted molar refractivity (Wildman–Crippen MR) is 76.6 cm³/mol. The molecule has 0 saturated heterocycles. The first kappa shape index (κ1) is 14.6. The molecule has 0 saturated carbocycles. The van der Waals surface area contributed by atoms with Crippen molar-refractivity contribution in [3.05, 3.63) is 35.4 Å². The van der Waals surface area contributed by atoms with Gasteiger partial charge in [0.1, 0.15) is 0 Å². The lowest BCUT2D eigenvalue weighted by molar-refractivity contribution is -0.137. The summed E-state index contributed by atoms with van der Waals surface area (Å²) >= 11 is 0. The van der Waals surface area contributed by atoms with Crippen LogP contribution in [-0.2, 0) is 16.0 Å². The van der Waals surface area contributed by atoms with Gasteiger partial charge < -0.3 is 10.4 Å². The highest BCUT2D eigenvalue weighted by Gasteiger charge is 2.31. The van der Waals surface area contributed by atoms with Crippen molar-refractivity contribution in [3.8, 4) is 0 Å². The minimum absolute atomic E-state index is 0.0261. The smallest absolute Gasteiger partial charge is 0.303 e. The van der Waals surface area contributed by atoms with E-state index in [2.05, 4.69) is 11.4 Å². The fourth-order valence-electron chi connectivity index (χ4n) is 2.58. The Hall–Kier alpha value is -1.84. The molecular weight excluding hydrogens is 254 g/mol. The summed E-state index contributed by atoms with van der Waals surface area (Å²) in [6.07, 6.45) is 4.61. The Balaban J connectivity index is 1.57. The molecular formula is C16H21NO3. The molecule has 2 N–H and O–H groups in total. The molecule has 108 valence electrons. The molecule has 0 bridgehead atoms. The number of carbonyl (C=O) groups excluding carboxylic acids is 1. The Bertz CT molecular complexity index is 484. The Labute approximate surface area is 119 Å². The summed E-state index contributed by atoms with van der Waals surface area (Å²) in [7, 11) is 0. The van der Waals surface area contributed by atoms with Gasteiger partial charge in [0.05, 0.1) is 5.92 Å². The summed E-state index contributed by atoms with van der Waals surface area (Å²) in [5, 5.41) is 11.5. The molecule has 0 aromatic heterocycles. The lowest BCUT2D eigenvalue weighted by atomic mass is 9.77. The van der Waals surface area contributed by atoms with E-state index in [9.17, 15) is 9.59 Å². The summed E-state index contributed by atoms with van der Waals surface area (Å²) in [6.45, 7) is 0.685. The summed E-state index contributed by atoms with van der Waals surface area (Å²) in [5.41, 5.74) is 2.44. The van der Waals surface area contributed by atoms with Crippen LogP contribution in [0.2, 0.25) is 0 Å². The topological polar surface area (TPSA) is 66.4 Å². The molecule has 0 fully saturated rings. The zero-order chi connectivity index (χ0) is 14.4. The summed E-state index contributed by atoms with van der Waals surface area (Å²) in [4.78, 5) is 22.3. The first-order valence-corrected chi connectivity index (χ1v) is 7.26. The summed E-state index contributed by atoms with van der Waals surface area (Å²) < 4.78 is 0. The standard InChI is InChI=1S/C16H21NO3/c18-15(19)9-3-1-2-6-10-17-16(20)14-11-12-7-4-5-8-13(12)14/h4-5,7-8,14H,1-3,6,9-11H2,(H,17,20)(H,18,19). The lowest BCUT2D eigenvalue weighted by Gasteiger charge is -2.28. The Morgan fingerprint density at radius 2 is 1.90 bits per heavy atom. The zero-order valence-electron chi connectivity index (χ0n) is 11.6. The molecule has 0 radical (unpaired) electrons. The third-order valence-electron chi connectivity index (χ3n) is 3.79. The monoisotopic (exact) mass is 275 g/mol. The first-order valence-electron chi connectivity index (χ1n) is 7.26. The van der Waals surface area contributed by atoms with Crippen molar-refractivity contribution in [1.29, 1.82) is 0 Å². The average Bonchev–Trinajstić information content (AvgIpc) is 2.39. The summed E-state index contributed by atoms with van der Waals surface area (Å²) in [6, 6.07) is 8.07. The number of aliphatic carboxylic acids is 1. The van der Waals surface area contributed by atoms with Crippen molar-refractivity contribution in [1.82, 2.24) is 5.32 Å². The fourth-order valence-corrected chi connectivity index (χ4v) is 2.58. The number of hydrogen-bond donors (Lipinski definition) is 2. The van der Waals surface area contributed by atoms with Gasteiger partial charge in [0.25, 0.3) is 0 Å². The van der Waals surface area contributed by atoms with E-state index in [1.807, 2.05) is 18.2 Å². The van der Waals surface area contributed by atoms with Gasteiger partial charge in [-0.2, -0.15) is 0 Å². The van der Waals surface area contributed by atoms with Gasteiger partial charge in [0.15, 0.2) is 0 Å². The van der Waals surface area contributed by atoms with Crippen LogP contribution in [0.25, 0.3) is 0 Å². The second-order valence-electron chi connectivity index (χ2n) is 5.30. The third kappa shape index (κ3) is 3.83. The minimum Gasteiger partial charge on any atom is -0.481 e. The van der Waals surface area contributed by atoms with E-state index in [0.29, 0.717) is 6.54 Å². The van der Waals surface area contributed by atoms with E-state index in [-0.39, 0.29) is 18.2 Å². The van der Waals surface area contributed by atoms with Crippen molar-refractivity contribution in [2.24, 2.45) is 0 Å². The van der Waals surface area contributed by atoms with Crippen LogP contribution in [0.3, 0.4) is 0 Å². The molecule has 1 atom stereocenters. The van der Waals surface area contributed by atoms with Crippen LogP contribution >= 0.6 is 0 Å². The van der Waals surface area contributed by atoms with Gasteiger partial charge in [-0.3, -0.25) is 9.59 Å². The predicted octanol–water partition coefficient (Wildman–Crippen LogP) is 2.48. The van der Waals surface area contributed by atoms with E-state index in [1.165, 1.54) is 5.56 Å². The van der Waals surface area contributed by atoms with Crippen LogP contribution in [0.5, 0.6) is 0 Å². The molecule has 1 aromatic rings. The average molecular weight is 275 g/mol. The number of nitrogens with one attached hydrogen (secondary N) is 1. The van der Waals surface area contributed by atoms with Crippen molar-refractivity contribution < 1.29 is 14.7 Å². The number of carboxylic acids is 1. The molecule has 1 aliphatic carbocycles. The van der Waals surface area contributed by atoms with Gasteiger partial charge in [-0.1, -0.05) is 37.1 Å². The second kappa shape index (κ2) is 7.08. The van der Waals surface area contributed by atoms with Crippen molar-refractivity contribution >= 4 is 11.9 Å². The molecule has 4 heteroatoms. The maximum absolute atomic E-state index is 12.0. The molecule has 1 aliphatic rings. The van der Waals surface area contributed by atoms with Crippen molar-refractivity contribution in [2.45, 2.75) is 44.4 Å². The van der Waals surface area contributed by atoms with Crippen LogP contribution in [0.1, 0.15) is 49.1 Å². The quantitative estimate of drug-likeness (QED) is 0.716. The molecule has 0 heterocycles. The molecule has 1 unspecified atom stereocenters. The van der Waals surface area contributed by atoms with E-state index < -0.39 is 5.97 Å². The SMILES string of the molecule is O=C(O)CCCCCCNC(=O)C1Cc2ccccc21. The lowest BCUT2D eigenvalue weighted by Crippen LogP contribution is -2.35. The van der Waals surface area contributed by atoms with Crippen LogP contribution in [0.15, 0.2) is 24.3 Å². The van der Waals surface area contributed by atoms with Crippen LogP contribution in [0.4, 0.5) is 0 Å². The number of amides is 1. The number of hydrogen-bond acceptors (Lipinski definition) is 2. The summed E-state index contributed by atoms with van der Waals surface area (Å²) in [5.74, 6) is -0.589. The molecule has 1 amide bonds. The third-order valence-corrected chi connectivity index (χ3v) is 3.79. The number of carbonyl (C=O) groups is 2. The maximum Gasteiger partial charge on any atom is 0.303 e. The van der Waals surface area contributed by atoms with E-state index >= 15 is 0 Å². The van der Waals surface area contributed by atoms with Gasteiger partial charge in [0, 0.05) is 13.0 Å². The van der Waals surface area contributed by atoms with Gasteiger partial charge in [-0.25, -0.2) is 0 Å². The van der Waals surface area contributed by atoms with Gasteiger partial charge in [-0.15, -0.1) is 0 Å². The number of benzene rings is 1. The molecule has 2 rings (SSSR count). The first-order chi connectivity index (χ1) is 9.68. The highest BCUT2D eigenvalue weighted by molar-refractivity contribution is 5.86. The van der Waals surface area contributed by atoms with Crippen molar-refractivity contribution in [3.63, 3.8) is 0 Å². The normalized spacial score (nSPS) is 16.1. The van der Waals surface area contributed by atoms with Gasteiger partial charge in [-0.05, 0) is 30.4 Å². The molecule has 4 nitrogen and oxygen atoms in total. The second-order valence-corrected chi connectivity index (χ2v) is 5.30. The van der Waals surface area contributed by atoms with Crippen LogP contribution in [-0.4, -0.2) is 23.5 Å². The van der Waals surface area contributed by atoms with Gasteiger partial charge >= 0.3 is 5.97 Å². The number of rotatable bonds is 8. The minimum atomic E-state index is -0.734.